The number of aryl methyl sites for hydroxylation is 1. The topological polar surface area (TPSA) is 76.1 Å². The molecule has 6 heteroatoms. The normalized spacial score (nSPS) is 15.4. The number of ketones is 1. The summed E-state index contributed by atoms with van der Waals surface area (Å²) in [6.45, 7) is 4.20. The number of ether oxygens (including phenoxy) is 1. The van der Waals surface area contributed by atoms with Crippen molar-refractivity contribution in [3.63, 3.8) is 0 Å². The lowest BCUT2D eigenvalue weighted by molar-refractivity contribution is 0.0953. The number of nitrogens with zero attached hydrogens (tertiary/aromatic N) is 2. The van der Waals surface area contributed by atoms with Crippen LogP contribution in [-0.4, -0.2) is 22.9 Å². The molecule has 1 heterocycles. The van der Waals surface area contributed by atoms with Gasteiger partial charge in [0.25, 0.3) is 0 Å². The Bertz CT molecular complexity index is 1060. The van der Waals surface area contributed by atoms with E-state index in [-0.39, 0.29) is 11.7 Å². The first-order valence-electron chi connectivity index (χ1n) is 10.3. The molecule has 0 amide bonds. The molecule has 1 atom stereocenters. The number of nitrogens with one attached hydrogen (secondary N) is 2. The lowest BCUT2D eigenvalue weighted by atomic mass is 9.87. The Morgan fingerprint density at radius 2 is 1.80 bits per heavy atom. The van der Waals surface area contributed by atoms with Gasteiger partial charge in [0.2, 0.25) is 5.95 Å². The van der Waals surface area contributed by atoms with Crippen LogP contribution in [0.3, 0.4) is 0 Å². The Hall–Kier alpha value is -3.41. The van der Waals surface area contributed by atoms with Crippen molar-refractivity contribution in [2.75, 3.05) is 17.7 Å². The number of para-hydroxylation sites is 2. The minimum absolute atomic E-state index is 0.0836. The highest BCUT2D eigenvalue weighted by Crippen LogP contribution is 2.33. The summed E-state index contributed by atoms with van der Waals surface area (Å²) in [7, 11) is 1.63. The van der Waals surface area contributed by atoms with E-state index in [1.54, 1.807) is 7.11 Å². The first-order chi connectivity index (χ1) is 14.6. The number of anilines is 4. The maximum atomic E-state index is 12.8. The van der Waals surface area contributed by atoms with Crippen molar-refractivity contribution in [2.24, 2.45) is 5.92 Å². The summed E-state index contributed by atoms with van der Waals surface area (Å²) in [5, 5.41) is 6.59. The van der Waals surface area contributed by atoms with Crippen LogP contribution in [0.2, 0.25) is 0 Å². The van der Waals surface area contributed by atoms with Crippen molar-refractivity contribution < 1.29 is 9.53 Å². The van der Waals surface area contributed by atoms with E-state index in [1.165, 1.54) is 5.56 Å². The third kappa shape index (κ3) is 4.13. The number of aromatic nitrogens is 2. The van der Waals surface area contributed by atoms with Crippen LogP contribution >= 0.6 is 0 Å². The van der Waals surface area contributed by atoms with Crippen molar-refractivity contribution in [3.8, 4) is 5.75 Å². The number of rotatable bonds is 6. The predicted molar refractivity (Wildman–Crippen MR) is 119 cm³/mol. The summed E-state index contributed by atoms with van der Waals surface area (Å²) in [4.78, 5) is 22.2. The Morgan fingerprint density at radius 1 is 1.03 bits per heavy atom. The van der Waals surface area contributed by atoms with E-state index in [2.05, 4.69) is 46.6 Å². The number of carbonyl (C=O) groups is 1. The SMILES string of the molecule is CCc1ccc(Nc2nc(Nc3ccccc3OC)nc3c2C(=O)CC(C)C3)cc1. The quantitative estimate of drug-likeness (QED) is 0.583. The van der Waals surface area contributed by atoms with Gasteiger partial charge in [0.15, 0.2) is 5.78 Å². The molecule has 1 aliphatic rings. The van der Waals surface area contributed by atoms with Gasteiger partial charge in [-0.15, -0.1) is 0 Å². The molecule has 0 bridgehead atoms. The molecule has 1 aromatic heterocycles. The highest BCUT2D eigenvalue weighted by atomic mass is 16.5. The Labute approximate surface area is 176 Å². The Kier molecular flexibility index (Phi) is 5.65. The minimum atomic E-state index is 0.0836. The maximum absolute atomic E-state index is 12.8. The summed E-state index contributed by atoms with van der Waals surface area (Å²) >= 11 is 0. The lowest BCUT2D eigenvalue weighted by Gasteiger charge is -2.23. The lowest BCUT2D eigenvalue weighted by Crippen LogP contribution is -2.22. The Morgan fingerprint density at radius 3 is 2.53 bits per heavy atom. The Balaban J connectivity index is 1.74. The molecule has 30 heavy (non-hydrogen) atoms. The van der Waals surface area contributed by atoms with Gasteiger partial charge >= 0.3 is 0 Å². The van der Waals surface area contributed by atoms with Gasteiger partial charge in [0, 0.05) is 12.1 Å². The molecule has 0 aliphatic heterocycles. The fourth-order valence-electron chi connectivity index (χ4n) is 3.74. The summed E-state index contributed by atoms with van der Waals surface area (Å²) in [5.41, 5.74) is 4.29. The standard InChI is InChI=1S/C24H26N4O2/c1-4-16-9-11-17(12-10-16)25-23-22-19(13-15(2)14-20(22)29)27-24(28-23)26-18-7-5-6-8-21(18)30-3/h5-12,15H,4,13-14H2,1-3H3,(H2,25,26,27,28). The average molecular weight is 402 g/mol. The first kappa shape index (κ1) is 19.9. The van der Waals surface area contributed by atoms with Crippen molar-refractivity contribution >= 4 is 28.9 Å². The summed E-state index contributed by atoms with van der Waals surface area (Å²) in [6.07, 6.45) is 2.24. The molecule has 3 aromatic rings. The zero-order chi connectivity index (χ0) is 21.1. The van der Waals surface area contributed by atoms with Crippen molar-refractivity contribution in [3.05, 3.63) is 65.4 Å². The molecule has 2 aromatic carbocycles. The third-order valence-corrected chi connectivity index (χ3v) is 5.32. The van der Waals surface area contributed by atoms with Crippen LogP contribution < -0.4 is 15.4 Å². The molecule has 6 nitrogen and oxygen atoms in total. The number of methoxy groups -OCH3 is 1. The number of carbonyl (C=O) groups excluding carboxylic acids is 1. The summed E-state index contributed by atoms with van der Waals surface area (Å²) in [5.74, 6) is 2.02. The monoisotopic (exact) mass is 402 g/mol. The van der Waals surface area contributed by atoms with Crippen LogP contribution in [0.15, 0.2) is 48.5 Å². The third-order valence-electron chi connectivity index (χ3n) is 5.32. The van der Waals surface area contributed by atoms with Gasteiger partial charge < -0.3 is 15.4 Å². The molecule has 0 radical (unpaired) electrons. The van der Waals surface area contributed by atoms with Crippen LogP contribution in [0.25, 0.3) is 0 Å². The van der Waals surface area contributed by atoms with Gasteiger partial charge in [-0.2, -0.15) is 4.98 Å². The molecule has 2 N–H and O–H groups in total. The van der Waals surface area contributed by atoms with Gasteiger partial charge in [-0.05, 0) is 48.6 Å². The second-order valence-corrected chi connectivity index (χ2v) is 7.65. The van der Waals surface area contributed by atoms with E-state index < -0.39 is 0 Å². The van der Waals surface area contributed by atoms with E-state index in [1.807, 2.05) is 36.4 Å². The van der Waals surface area contributed by atoms with Gasteiger partial charge in [-0.1, -0.05) is 38.1 Å². The summed E-state index contributed by atoms with van der Waals surface area (Å²) in [6, 6.07) is 15.8. The van der Waals surface area contributed by atoms with Crippen molar-refractivity contribution in [2.45, 2.75) is 33.1 Å². The van der Waals surface area contributed by atoms with E-state index in [0.29, 0.717) is 29.5 Å². The molecule has 0 saturated carbocycles. The van der Waals surface area contributed by atoms with Crippen LogP contribution in [0, 0.1) is 5.92 Å². The molecule has 0 spiro atoms. The molecular formula is C24H26N4O2. The number of benzene rings is 2. The minimum Gasteiger partial charge on any atom is -0.495 e. The fourth-order valence-corrected chi connectivity index (χ4v) is 3.74. The van der Waals surface area contributed by atoms with Crippen LogP contribution in [0.5, 0.6) is 5.75 Å². The molecule has 1 aliphatic carbocycles. The van der Waals surface area contributed by atoms with E-state index >= 15 is 0 Å². The van der Waals surface area contributed by atoms with Crippen molar-refractivity contribution in [1.29, 1.82) is 0 Å². The molecule has 4 rings (SSSR count). The van der Waals surface area contributed by atoms with Crippen LogP contribution in [0.4, 0.5) is 23.1 Å². The smallest absolute Gasteiger partial charge is 0.229 e. The molecule has 0 saturated heterocycles. The number of fused-ring (bicyclic) bond motifs is 1. The molecular weight excluding hydrogens is 376 g/mol. The predicted octanol–water partition coefficient (Wildman–Crippen LogP) is 5.30. The van der Waals surface area contributed by atoms with E-state index in [4.69, 9.17) is 4.74 Å². The zero-order valence-corrected chi connectivity index (χ0v) is 17.5. The highest BCUT2D eigenvalue weighted by Gasteiger charge is 2.28. The van der Waals surface area contributed by atoms with Gasteiger partial charge in [0.05, 0.1) is 24.1 Å². The molecule has 154 valence electrons. The number of Topliss-reactive ketones (excluding diaryl/α,β-unsaturated/α-hetero) is 1. The van der Waals surface area contributed by atoms with E-state index in [0.717, 1.165) is 29.9 Å². The maximum Gasteiger partial charge on any atom is 0.229 e. The number of hydrogen-bond donors (Lipinski definition) is 2. The van der Waals surface area contributed by atoms with E-state index in [9.17, 15) is 4.79 Å². The van der Waals surface area contributed by atoms with Gasteiger partial charge in [-0.3, -0.25) is 4.79 Å². The summed E-state index contributed by atoms with van der Waals surface area (Å²) < 4.78 is 5.42. The van der Waals surface area contributed by atoms with Gasteiger partial charge in [0.1, 0.15) is 11.6 Å². The largest absolute Gasteiger partial charge is 0.495 e. The second-order valence-electron chi connectivity index (χ2n) is 7.65. The second kappa shape index (κ2) is 8.53. The molecule has 1 unspecified atom stereocenters. The van der Waals surface area contributed by atoms with Crippen LogP contribution in [0.1, 0.15) is 41.9 Å². The van der Waals surface area contributed by atoms with Crippen LogP contribution in [-0.2, 0) is 12.8 Å². The molecule has 0 fully saturated rings. The average Bonchev–Trinajstić information content (AvgIpc) is 2.74. The number of hydrogen-bond acceptors (Lipinski definition) is 6. The highest BCUT2D eigenvalue weighted by molar-refractivity contribution is 6.03. The van der Waals surface area contributed by atoms with Crippen molar-refractivity contribution in [1.82, 2.24) is 9.97 Å². The van der Waals surface area contributed by atoms with Gasteiger partial charge in [-0.25, -0.2) is 4.98 Å². The first-order valence-corrected chi connectivity index (χ1v) is 10.3. The zero-order valence-electron chi connectivity index (χ0n) is 17.5. The fraction of sp³-hybridized carbons (Fsp3) is 0.292.